The summed E-state index contributed by atoms with van der Waals surface area (Å²) in [5.41, 5.74) is 0.274. The van der Waals surface area contributed by atoms with E-state index < -0.39 is 17.6 Å². The summed E-state index contributed by atoms with van der Waals surface area (Å²) in [5.74, 6) is 0.319. The fourth-order valence-corrected chi connectivity index (χ4v) is 2.41. The summed E-state index contributed by atoms with van der Waals surface area (Å²) in [6, 6.07) is 10.3. The smallest absolute Gasteiger partial charge is 0.352 e. The normalized spacial score (nSPS) is 12.0. The number of amides is 1. The molecule has 0 fully saturated rings. The lowest BCUT2D eigenvalue weighted by molar-refractivity contribution is -0.137. The third-order valence-electron chi connectivity index (χ3n) is 3.67. The Morgan fingerprint density at radius 2 is 2.00 bits per heavy atom. The molecular formula is C18H15F3N4O. The molecule has 2 heterocycles. The van der Waals surface area contributed by atoms with Crippen molar-refractivity contribution in [3.05, 3.63) is 71.7 Å². The molecule has 0 bridgehead atoms. The van der Waals surface area contributed by atoms with E-state index in [0.29, 0.717) is 24.4 Å². The van der Waals surface area contributed by atoms with E-state index in [1.165, 1.54) is 24.3 Å². The number of aromatic nitrogens is 3. The first-order valence-electron chi connectivity index (χ1n) is 7.85. The molecule has 3 aromatic rings. The molecule has 1 N–H and O–H groups in total. The second-order valence-electron chi connectivity index (χ2n) is 5.54. The second kappa shape index (κ2) is 7.38. The number of carbonyl (C=O) groups is 1. The van der Waals surface area contributed by atoms with Gasteiger partial charge in [-0.1, -0.05) is 18.2 Å². The van der Waals surface area contributed by atoms with E-state index in [-0.39, 0.29) is 0 Å². The molecule has 0 radical (unpaired) electrons. The van der Waals surface area contributed by atoms with Crippen molar-refractivity contribution < 1.29 is 18.0 Å². The first kappa shape index (κ1) is 17.7. The van der Waals surface area contributed by atoms with Crippen LogP contribution in [0.1, 0.15) is 17.0 Å². The second-order valence-corrected chi connectivity index (χ2v) is 5.54. The Kier molecular flexibility index (Phi) is 5.01. The summed E-state index contributed by atoms with van der Waals surface area (Å²) in [6.07, 6.45) is 0.454. The molecule has 3 rings (SSSR count). The van der Waals surface area contributed by atoms with Gasteiger partial charge in [0, 0.05) is 25.2 Å². The third-order valence-corrected chi connectivity index (χ3v) is 3.67. The van der Waals surface area contributed by atoms with Crippen LogP contribution in [-0.2, 0) is 17.4 Å². The maximum atomic E-state index is 12.7. The zero-order chi connectivity index (χ0) is 18.6. The van der Waals surface area contributed by atoms with Crippen molar-refractivity contribution in [2.45, 2.75) is 12.6 Å². The van der Waals surface area contributed by atoms with Crippen LogP contribution in [0.3, 0.4) is 0 Å². The van der Waals surface area contributed by atoms with Gasteiger partial charge < -0.3 is 5.32 Å². The Hall–Kier alpha value is -3.16. The quantitative estimate of drug-likeness (QED) is 0.711. The minimum absolute atomic E-state index is 0.304. The van der Waals surface area contributed by atoms with Crippen LogP contribution >= 0.6 is 0 Å². The maximum absolute atomic E-state index is 12.7. The summed E-state index contributed by atoms with van der Waals surface area (Å²) in [4.78, 5) is 11.8. The van der Waals surface area contributed by atoms with Crippen LogP contribution in [0.4, 0.5) is 13.2 Å². The zero-order valence-corrected chi connectivity index (χ0v) is 13.6. The minimum atomic E-state index is -4.41. The highest BCUT2D eigenvalue weighted by Crippen LogP contribution is 2.29. The topological polar surface area (TPSA) is 59.3 Å². The van der Waals surface area contributed by atoms with E-state index in [1.807, 2.05) is 28.8 Å². The highest BCUT2D eigenvalue weighted by Gasteiger charge is 2.30. The molecule has 0 aliphatic rings. The molecule has 0 atom stereocenters. The highest BCUT2D eigenvalue weighted by atomic mass is 19.4. The Morgan fingerprint density at radius 1 is 1.15 bits per heavy atom. The molecular weight excluding hydrogens is 345 g/mol. The molecule has 26 heavy (non-hydrogen) atoms. The summed E-state index contributed by atoms with van der Waals surface area (Å²) in [7, 11) is 0. The van der Waals surface area contributed by atoms with Crippen molar-refractivity contribution in [2.24, 2.45) is 0 Å². The van der Waals surface area contributed by atoms with Crippen molar-refractivity contribution >= 4 is 17.6 Å². The fourth-order valence-electron chi connectivity index (χ4n) is 2.41. The lowest BCUT2D eigenvalue weighted by Crippen LogP contribution is -2.24. The summed E-state index contributed by atoms with van der Waals surface area (Å²) in [5, 5.41) is 10.7. The summed E-state index contributed by atoms with van der Waals surface area (Å²) < 4.78 is 39.8. The maximum Gasteiger partial charge on any atom is 0.416 e. The highest BCUT2D eigenvalue weighted by molar-refractivity contribution is 5.91. The molecule has 0 saturated carbocycles. The van der Waals surface area contributed by atoms with Crippen molar-refractivity contribution in [1.29, 1.82) is 0 Å². The van der Waals surface area contributed by atoms with E-state index in [1.54, 1.807) is 0 Å². The number of benzene rings is 1. The van der Waals surface area contributed by atoms with Gasteiger partial charge >= 0.3 is 6.18 Å². The number of fused-ring (bicyclic) bond motifs is 1. The summed E-state index contributed by atoms with van der Waals surface area (Å²) >= 11 is 0. The molecule has 2 aromatic heterocycles. The minimum Gasteiger partial charge on any atom is -0.352 e. The molecule has 1 aromatic carbocycles. The molecule has 0 saturated heterocycles. The standard InChI is InChI=1S/C18H15F3N4O/c19-18(20,21)14-5-3-4-13(12-14)7-8-17(26)22-10-9-16-24-23-15-6-1-2-11-25(15)16/h1-8,11-12H,9-10H2,(H,22,26)/b8-7+. The van der Waals surface area contributed by atoms with Crippen LogP contribution in [0.15, 0.2) is 54.7 Å². The number of carbonyl (C=O) groups excluding carboxylic acids is 1. The molecule has 1 amide bonds. The molecule has 0 aliphatic carbocycles. The fraction of sp³-hybridized carbons (Fsp3) is 0.167. The van der Waals surface area contributed by atoms with Crippen molar-refractivity contribution in [1.82, 2.24) is 19.9 Å². The zero-order valence-electron chi connectivity index (χ0n) is 13.6. The van der Waals surface area contributed by atoms with Crippen LogP contribution in [0, 0.1) is 0 Å². The van der Waals surface area contributed by atoms with Gasteiger partial charge in [0.2, 0.25) is 5.91 Å². The van der Waals surface area contributed by atoms with Gasteiger partial charge in [-0.05, 0) is 35.9 Å². The average molecular weight is 360 g/mol. The molecule has 134 valence electrons. The molecule has 8 heteroatoms. The van der Waals surface area contributed by atoms with E-state index in [9.17, 15) is 18.0 Å². The van der Waals surface area contributed by atoms with Crippen LogP contribution in [0.25, 0.3) is 11.7 Å². The third kappa shape index (κ3) is 4.27. The summed E-state index contributed by atoms with van der Waals surface area (Å²) in [6.45, 7) is 0.335. The molecule has 0 aliphatic heterocycles. The van der Waals surface area contributed by atoms with Gasteiger partial charge in [-0.2, -0.15) is 13.2 Å². The van der Waals surface area contributed by atoms with Gasteiger partial charge in [-0.25, -0.2) is 0 Å². The van der Waals surface area contributed by atoms with Gasteiger partial charge in [0.15, 0.2) is 5.65 Å². The van der Waals surface area contributed by atoms with Crippen molar-refractivity contribution in [3.8, 4) is 0 Å². The number of pyridine rings is 1. The SMILES string of the molecule is O=C(/C=C/c1cccc(C(F)(F)F)c1)NCCc1nnc2ccccn12. The Morgan fingerprint density at radius 3 is 2.81 bits per heavy atom. The first-order chi connectivity index (χ1) is 12.4. The van der Waals surface area contributed by atoms with Gasteiger partial charge in [-0.3, -0.25) is 9.20 Å². The number of alkyl halides is 3. The monoisotopic (exact) mass is 360 g/mol. The van der Waals surface area contributed by atoms with Crippen molar-refractivity contribution in [3.63, 3.8) is 0 Å². The van der Waals surface area contributed by atoms with Crippen LogP contribution in [-0.4, -0.2) is 27.0 Å². The lowest BCUT2D eigenvalue weighted by atomic mass is 10.1. The van der Waals surface area contributed by atoms with Crippen LogP contribution < -0.4 is 5.32 Å². The van der Waals surface area contributed by atoms with Crippen molar-refractivity contribution in [2.75, 3.05) is 6.54 Å². The average Bonchev–Trinajstić information content (AvgIpc) is 3.03. The van der Waals surface area contributed by atoms with Gasteiger partial charge in [-0.15, -0.1) is 10.2 Å². The van der Waals surface area contributed by atoms with Crippen LogP contribution in [0.2, 0.25) is 0 Å². The number of rotatable bonds is 5. The Bertz CT molecular complexity index is 947. The van der Waals surface area contributed by atoms with Gasteiger partial charge in [0.1, 0.15) is 5.82 Å². The number of hydrogen-bond acceptors (Lipinski definition) is 3. The van der Waals surface area contributed by atoms with Gasteiger partial charge in [0.25, 0.3) is 0 Å². The number of nitrogens with one attached hydrogen (secondary N) is 1. The molecule has 0 spiro atoms. The predicted octanol–water partition coefficient (Wildman–Crippen LogP) is 3.12. The number of halogens is 3. The first-order valence-corrected chi connectivity index (χ1v) is 7.85. The lowest BCUT2D eigenvalue weighted by Gasteiger charge is -2.06. The van der Waals surface area contributed by atoms with E-state index in [4.69, 9.17) is 0 Å². The van der Waals surface area contributed by atoms with E-state index >= 15 is 0 Å². The van der Waals surface area contributed by atoms with E-state index in [0.717, 1.165) is 17.8 Å². The molecule has 5 nitrogen and oxygen atoms in total. The largest absolute Gasteiger partial charge is 0.416 e. The van der Waals surface area contributed by atoms with Gasteiger partial charge in [0.05, 0.1) is 5.56 Å². The molecule has 0 unspecified atom stereocenters. The van der Waals surface area contributed by atoms with Crippen LogP contribution in [0.5, 0.6) is 0 Å². The number of nitrogens with zero attached hydrogens (tertiary/aromatic N) is 3. The number of hydrogen-bond donors (Lipinski definition) is 1. The Labute approximate surface area is 147 Å². The predicted molar refractivity (Wildman–Crippen MR) is 90.2 cm³/mol. The Balaban J connectivity index is 1.55. The van der Waals surface area contributed by atoms with E-state index in [2.05, 4.69) is 15.5 Å².